The van der Waals surface area contributed by atoms with Crippen LogP contribution in [0.1, 0.15) is 22.9 Å². The van der Waals surface area contributed by atoms with Crippen LogP contribution in [0.3, 0.4) is 0 Å². The fourth-order valence-electron chi connectivity index (χ4n) is 2.68. The van der Waals surface area contributed by atoms with Crippen molar-refractivity contribution in [1.82, 2.24) is 10.2 Å². The summed E-state index contributed by atoms with van der Waals surface area (Å²) in [7, 11) is 0. The number of ether oxygens (including phenoxy) is 1. The number of hydrogen-bond donors (Lipinski definition) is 0. The Morgan fingerprint density at radius 3 is 2.45 bits per heavy atom. The molecule has 0 saturated carbocycles. The molecular weight excluding hydrogens is 435 g/mol. The molecule has 0 unspecified atom stereocenters. The summed E-state index contributed by atoms with van der Waals surface area (Å²) in [6.07, 6.45) is 4.15. The van der Waals surface area contributed by atoms with Gasteiger partial charge in [-0.25, -0.2) is 4.39 Å². The van der Waals surface area contributed by atoms with Crippen molar-refractivity contribution in [3.8, 4) is 11.5 Å². The van der Waals surface area contributed by atoms with Gasteiger partial charge in [0.05, 0.1) is 6.42 Å². The Balaban J connectivity index is 1.47. The van der Waals surface area contributed by atoms with E-state index in [-0.39, 0.29) is 5.82 Å². The smallest absolute Gasteiger partial charge is 0.240 e. The summed E-state index contributed by atoms with van der Waals surface area (Å²) in [5.41, 5.74) is 1.93. The van der Waals surface area contributed by atoms with Gasteiger partial charge in [0.25, 0.3) is 0 Å². The fourth-order valence-corrected chi connectivity index (χ4v) is 2.95. The van der Waals surface area contributed by atoms with E-state index in [0.717, 1.165) is 15.6 Å². The maximum atomic E-state index is 13.1. The molecule has 0 amide bonds. The van der Waals surface area contributed by atoms with Crippen molar-refractivity contribution >= 4 is 28.1 Å². The van der Waals surface area contributed by atoms with Gasteiger partial charge in [-0.2, -0.15) is 0 Å². The van der Waals surface area contributed by atoms with Crippen LogP contribution >= 0.6 is 15.9 Å². The Bertz CT molecular complexity index is 1120. The van der Waals surface area contributed by atoms with Crippen molar-refractivity contribution in [1.29, 1.82) is 0 Å². The Labute approximate surface area is 175 Å². The number of aromatic nitrogens is 2. The standard InChI is InChI=1S/C23H16BrFN2O2/c24-18-8-5-16(6-9-18)15-23-27-26-22(29-23)14-7-17-3-1-2-4-21(17)28-20-12-10-19(25)11-13-20/h1-14H,15H2/b14-7+. The molecule has 6 heteroatoms. The van der Waals surface area contributed by atoms with Crippen LogP contribution in [0.15, 0.2) is 81.7 Å². The number of hydrogen-bond acceptors (Lipinski definition) is 4. The summed E-state index contributed by atoms with van der Waals surface area (Å²) in [4.78, 5) is 0. The third-order valence-corrected chi connectivity index (χ3v) is 4.65. The number of nitrogens with zero attached hydrogens (tertiary/aromatic N) is 2. The maximum Gasteiger partial charge on any atom is 0.240 e. The van der Waals surface area contributed by atoms with Gasteiger partial charge in [-0.3, -0.25) is 0 Å². The van der Waals surface area contributed by atoms with Crippen LogP contribution in [0.4, 0.5) is 4.39 Å². The fraction of sp³-hybridized carbons (Fsp3) is 0.0435. The van der Waals surface area contributed by atoms with Gasteiger partial charge < -0.3 is 9.15 Å². The van der Waals surface area contributed by atoms with Gasteiger partial charge in [0.1, 0.15) is 17.3 Å². The van der Waals surface area contributed by atoms with E-state index >= 15 is 0 Å². The van der Waals surface area contributed by atoms with E-state index in [1.54, 1.807) is 18.2 Å². The number of para-hydroxylation sites is 1. The normalized spacial score (nSPS) is 11.1. The molecule has 0 radical (unpaired) electrons. The zero-order valence-electron chi connectivity index (χ0n) is 15.3. The van der Waals surface area contributed by atoms with E-state index in [9.17, 15) is 4.39 Å². The number of halogens is 2. The highest BCUT2D eigenvalue weighted by atomic mass is 79.9. The molecule has 4 rings (SSSR count). The van der Waals surface area contributed by atoms with E-state index in [1.807, 2.05) is 54.6 Å². The lowest BCUT2D eigenvalue weighted by atomic mass is 10.1. The van der Waals surface area contributed by atoms with E-state index in [0.29, 0.717) is 29.7 Å². The molecule has 0 spiro atoms. The van der Waals surface area contributed by atoms with Crippen LogP contribution in [0.2, 0.25) is 0 Å². The minimum absolute atomic E-state index is 0.305. The first kappa shape index (κ1) is 19.1. The highest BCUT2D eigenvalue weighted by Gasteiger charge is 2.06. The van der Waals surface area contributed by atoms with E-state index in [4.69, 9.17) is 9.15 Å². The lowest BCUT2D eigenvalue weighted by Gasteiger charge is -2.08. The molecule has 0 aliphatic rings. The second-order valence-electron chi connectivity index (χ2n) is 6.26. The van der Waals surface area contributed by atoms with Crippen molar-refractivity contribution in [2.24, 2.45) is 0 Å². The van der Waals surface area contributed by atoms with Crippen LogP contribution < -0.4 is 4.74 Å². The van der Waals surface area contributed by atoms with Crippen LogP contribution in [0, 0.1) is 5.82 Å². The van der Waals surface area contributed by atoms with Crippen molar-refractivity contribution in [3.63, 3.8) is 0 Å². The average molecular weight is 451 g/mol. The Kier molecular flexibility index (Phi) is 5.81. The Morgan fingerprint density at radius 2 is 1.66 bits per heavy atom. The highest BCUT2D eigenvalue weighted by Crippen LogP contribution is 2.27. The average Bonchev–Trinajstić information content (AvgIpc) is 3.18. The summed E-state index contributed by atoms with van der Waals surface area (Å²) in [6.45, 7) is 0. The first-order valence-electron chi connectivity index (χ1n) is 8.93. The van der Waals surface area contributed by atoms with Gasteiger partial charge in [-0.1, -0.05) is 46.3 Å². The lowest BCUT2D eigenvalue weighted by Crippen LogP contribution is -1.87. The molecule has 0 aliphatic heterocycles. The van der Waals surface area contributed by atoms with Gasteiger partial charge in [0, 0.05) is 16.1 Å². The summed E-state index contributed by atoms with van der Waals surface area (Å²) >= 11 is 3.42. The molecule has 1 aromatic heterocycles. The molecule has 0 fully saturated rings. The van der Waals surface area contributed by atoms with E-state index < -0.39 is 0 Å². The third-order valence-electron chi connectivity index (χ3n) is 4.12. The largest absolute Gasteiger partial charge is 0.457 e. The number of benzene rings is 3. The molecule has 0 N–H and O–H groups in total. The molecule has 0 saturated heterocycles. The summed E-state index contributed by atoms with van der Waals surface area (Å²) in [6, 6.07) is 21.4. The minimum Gasteiger partial charge on any atom is -0.457 e. The van der Waals surface area contributed by atoms with Gasteiger partial charge in [-0.05, 0) is 54.1 Å². The van der Waals surface area contributed by atoms with Crippen LogP contribution in [0.5, 0.6) is 11.5 Å². The topological polar surface area (TPSA) is 48.2 Å². The van der Waals surface area contributed by atoms with Crippen LogP contribution in [-0.2, 0) is 6.42 Å². The van der Waals surface area contributed by atoms with Crippen LogP contribution in [-0.4, -0.2) is 10.2 Å². The molecule has 4 nitrogen and oxygen atoms in total. The zero-order chi connectivity index (χ0) is 20.1. The highest BCUT2D eigenvalue weighted by molar-refractivity contribution is 9.10. The maximum absolute atomic E-state index is 13.1. The molecule has 0 aliphatic carbocycles. The molecule has 0 atom stereocenters. The monoisotopic (exact) mass is 450 g/mol. The second-order valence-corrected chi connectivity index (χ2v) is 7.18. The van der Waals surface area contributed by atoms with E-state index in [1.165, 1.54) is 12.1 Å². The molecule has 29 heavy (non-hydrogen) atoms. The van der Waals surface area contributed by atoms with Crippen molar-refractivity contribution < 1.29 is 13.5 Å². The molecular formula is C23H16BrFN2O2. The predicted octanol–water partition coefficient (Wildman–Crippen LogP) is 6.52. The van der Waals surface area contributed by atoms with Gasteiger partial charge in [0.2, 0.25) is 11.8 Å². The molecule has 1 heterocycles. The van der Waals surface area contributed by atoms with Gasteiger partial charge >= 0.3 is 0 Å². The molecule has 0 bridgehead atoms. The Morgan fingerprint density at radius 1 is 0.897 bits per heavy atom. The van der Waals surface area contributed by atoms with Crippen LogP contribution in [0.25, 0.3) is 12.2 Å². The zero-order valence-corrected chi connectivity index (χ0v) is 16.8. The first-order chi connectivity index (χ1) is 14.2. The Hall–Kier alpha value is -3.25. The predicted molar refractivity (Wildman–Crippen MR) is 113 cm³/mol. The van der Waals surface area contributed by atoms with Crippen molar-refractivity contribution in [3.05, 3.63) is 106 Å². The van der Waals surface area contributed by atoms with Crippen molar-refractivity contribution in [2.45, 2.75) is 6.42 Å². The summed E-state index contributed by atoms with van der Waals surface area (Å²) in [5.74, 6) is 1.85. The molecule has 144 valence electrons. The minimum atomic E-state index is -0.305. The summed E-state index contributed by atoms with van der Waals surface area (Å²) < 4.78 is 25.7. The second kappa shape index (κ2) is 8.84. The van der Waals surface area contributed by atoms with E-state index in [2.05, 4.69) is 26.1 Å². The molecule has 3 aromatic carbocycles. The number of rotatable bonds is 6. The van der Waals surface area contributed by atoms with Gasteiger partial charge in [-0.15, -0.1) is 10.2 Å². The quantitative estimate of drug-likeness (QED) is 0.335. The van der Waals surface area contributed by atoms with Crippen molar-refractivity contribution in [2.75, 3.05) is 0 Å². The third kappa shape index (κ3) is 5.18. The SMILES string of the molecule is Fc1ccc(Oc2ccccc2/C=C/c2nnc(Cc3ccc(Br)cc3)o2)cc1. The summed E-state index contributed by atoms with van der Waals surface area (Å²) in [5, 5.41) is 8.17. The lowest BCUT2D eigenvalue weighted by molar-refractivity contribution is 0.479. The molecule has 4 aromatic rings. The first-order valence-corrected chi connectivity index (χ1v) is 9.72. The van der Waals surface area contributed by atoms with Gasteiger partial charge in [0.15, 0.2) is 0 Å².